The van der Waals surface area contributed by atoms with Crippen LogP contribution in [0.1, 0.15) is 37.7 Å². The van der Waals surface area contributed by atoms with Gasteiger partial charge in [0.2, 0.25) is 5.91 Å². The molecule has 0 saturated heterocycles. The molecular formula is C16H21NO2. The number of rotatable bonds is 1. The van der Waals surface area contributed by atoms with Gasteiger partial charge in [-0.05, 0) is 30.9 Å². The molecule has 1 aliphatic carbocycles. The highest BCUT2D eigenvalue weighted by Gasteiger charge is 2.45. The van der Waals surface area contributed by atoms with Gasteiger partial charge in [-0.15, -0.1) is 0 Å². The van der Waals surface area contributed by atoms with Gasteiger partial charge in [-0.1, -0.05) is 37.5 Å². The van der Waals surface area contributed by atoms with Gasteiger partial charge in [0, 0.05) is 12.7 Å². The molecule has 1 aliphatic heterocycles. The van der Waals surface area contributed by atoms with Gasteiger partial charge in [0.15, 0.2) is 0 Å². The molecule has 1 aromatic rings. The first-order chi connectivity index (χ1) is 9.12. The number of para-hydroxylation sites is 1. The molecule has 1 fully saturated rings. The summed E-state index contributed by atoms with van der Waals surface area (Å²) in [5.41, 5.74) is 1.37. The highest BCUT2D eigenvalue weighted by Crippen LogP contribution is 2.41. The molecular weight excluding hydrogens is 238 g/mol. The Kier molecular flexibility index (Phi) is 3.09. The number of carbonyl (C=O) groups is 1. The maximum Gasteiger partial charge on any atom is 0.233 e. The molecule has 1 amide bonds. The first-order valence-corrected chi connectivity index (χ1v) is 7.20. The van der Waals surface area contributed by atoms with Crippen LogP contribution in [0, 0.1) is 5.92 Å². The molecule has 3 heteroatoms. The maximum atomic E-state index is 12.6. The highest BCUT2D eigenvalue weighted by atomic mass is 16.3. The molecule has 1 heterocycles. The second-order valence-electron chi connectivity index (χ2n) is 5.95. The van der Waals surface area contributed by atoms with Crippen LogP contribution in [-0.2, 0) is 11.2 Å². The van der Waals surface area contributed by atoms with Crippen LogP contribution in [0.15, 0.2) is 24.3 Å². The average Bonchev–Trinajstić information content (AvgIpc) is 2.43. The van der Waals surface area contributed by atoms with Crippen molar-refractivity contribution in [3.05, 3.63) is 29.8 Å². The normalized spacial score (nSPS) is 26.1. The number of hydrogen-bond donors (Lipinski definition) is 1. The van der Waals surface area contributed by atoms with Crippen molar-refractivity contribution < 1.29 is 9.90 Å². The second-order valence-corrected chi connectivity index (χ2v) is 5.95. The van der Waals surface area contributed by atoms with E-state index in [1.54, 1.807) is 4.90 Å². The largest absolute Gasteiger partial charge is 0.389 e. The molecule has 1 saturated carbocycles. The smallest absolute Gasteiger partial charge is 0.233 e. The number of benzene rings is 1. The molecule has 102 valence electrons. The van der Waals surface area contributed by atoms with Crippen LogP contribution in [0.25, 0.3) is 0 Å². The molecule has 1 unspecified atom stereocenters. The number of fused-ring (bicyclic) bond motifs is 1. The van der Waals surface area contributed by atoms with Crippen molar-refractivity contribution in [2.75, 3.05) is 11.9 Å². The molecule has 0 aromatic heterocycles. The molecule has 19 heavy (non-hydrogen) atoms. The van der Waals surface area contributed by atoms with E-state index in [-0.39, 0.29) is 11.8 Å². The monoisotopic (exact) mass is 259 g/mol. The van der Waals surface area contributed by atoms with Gasteiger partial charge in [0.05, 0.1) is 11.5 Å². The summed E-state index contributed by atoms with van der Waals surface area (Å²) in [6.07, 6.45) is 5.45. The zero-order valence-corrected chi connectivity index (χ0v) is 11.4. The lowest BCUT2D eigenvalue weighted by Crippen LogP contribution is -2.52. The molecule has 1 atom stereocenters. The van der Waals surface area contributed by atoms with Gasteiger partial charge >= 0.3 is 0 Å². The minimum atomic E-state index is -0.795. The van der Waals surface area contributed by atoms with Gasteiger partial charge in [-0.25, -0.2) is 0 Å². The third-order valence-electron chi connectivity index (χ3n) is 4.77. The van der Waals surface area contributed by atoms with Crippen molar-refractivity contribution in [3.8, 4) is 0 Å². The van der Waals surface area contributed by atoms with Crippen molar-refractivity contribution in [1.29, 1.82) is 0 Å². The standard InChI is InChI=1S/C16H21NO2/c1-17-14-8-4-3-7-12(14)11-13(15(17)18)16(19)9-5-2-6-10-16/h3-4,7-8,13,19H,2,5-6,9-11H2,1H3. The van der Waals surface area contributed by atoms with E-state index < -0.39 is 5.60 Å². The Morgan fingerprint density at radius 1 is 1.21 bits per heavy atom. The highest BCUT2D eigenvalue weighted by molar-refractivity contribution is 5.98. The first kappa shape index (κ1) is 12.7. The van der Waals surface area contributed by atoms with Gasteiger partial charge in [-0.2, -0.15) is 0 Å². The Labute approximate surface area is 114 Å². The SMILES string of the molecule is CN1C(=O)C(C2(O)CCCCC2)Cc2ccccc21. The molecule has 3 rings (SSSR count). The van der Waals surface area contributed by atoms with E-state index in [4.69, 9.17) is 0 Å². The predicted octanol–water partition coefficient (Wildman–Crippen LogP) is 2.52. The van der Waals surface area contributed by atoms with Crippen molar-refractivity contribution in [3.63, 3.8) is 0 Å². The van der Waals surface area contributed by atoms with E-state index in [1.165, 1.54) is 12.0 Å². The fourth-order valence-electron chi connectivity index (χ4n) is 3.60. The molecule has 0 bridgehead atoms. The topological polar surface area (TPSA) is 40.5 Å². The van der Waals surface area contributed by atoms with E-state index in [0.717, 1.165) is 31.4 Å². The summed E-state index contributed by atoms with van der Waals surface area (Å²) in [6, 6.07) is 8.01. The van der Waals surface area contributed by atoms with Crippen LogP contribution in [0.4, 0.5) is 5.69 Å². The van der Waals surface area contributed by atoms with Crippen LogP contribution >= 0.6 is 0 Å². The molecule has 3 nitrogen and oxygen atoms in total. The average molecular weight is 259 g/mol. The van der Waals surface area contributed by atoms with Crippen molar-refractivity contribution >= 4 is 11.6 Å². The van der Waals surface area contributed by atoms with Gasteiger partial charge < -0.3 is 10.0 Å². The summed E-state index contributed by atoms with van der Waals surface area (Å²) < 4.78 is 0. The van der Waals surface area contributed by atoms with Crippen LogP contribution < -0.4 is 4.90 Å². The van der Waals surface area contributed by atoms with E-state index in [1.807, 2.05) is 25.2 Å². The predicted molar refractivity (Wildman–Crippen MR) is 75.1 cm³/mol. The Balaban J connectivity index is 1.94. The van der Waals surface area contributed by atoms with E-state index in [9.17, 15) is 9.90 Å². The number of amides is 1. The molecule has 1 aromatic carbocycles. The fourth-order valence-corrected chi connectivity index (χ4v) is 3.60. The molecule has 2 aliphatic rings. The van der Waals surface area contributed by atoms with Crippen LogP contribution in [0.2, 0.25) is 0 Å². The van der Waals surface area contributed by atoms with E-state index >= 15 is 0 Å². The second kappa shape index (κ2) is 4.64. The van der Waals surface area contributed by atoms with Crippen LogP contribution in [0.5, 0.6) is 0 Å². The Bertz CT molecular complexity index is 491. The quantitative estimate of drug-likeness (QED) is 0.842. The van der Waals surface area contributed by atoms with E-state index in [2.05, 4.69) is 6.07 Å². The third kappa shape index (κ3) is 2.06. The molecule has 1 N–H and O–H groups in total. The van der Waals surface area contributed by atoms with Crippen molar-refractivity contribution in [2.45, 2.75) is 44.1 Å². The summed E-state index contributed by atoms with van der Waals surface area (Å²) in [5.74, 6) is -0.198. The van der Waals surface area contributed by atoms with Gasteiger partial charge in [-0.3, -0.25) is 4.79 Å². The van der Waals surface area contributed by atoms with Gasteiger partial charge in [0.1, 0.15) is 0 Å². The molecule has 0 radical (unpaired) electrons. The maximum absolute atomic E-state index is 12.6. The Hall–Kier alpha value is -1.35. The number of anilines is 1. The van der Waals surface area contributed by atoms with Crippen LogP contribution in [-0.4, -0.2) is 23.7 Å². The summed E-state index contributed by atoms with van der Waals surface area (Å²) in [4.78, 5) is 14.3. The number of nitrogens with zero attached hydrogens (tertiary/aromatic N) is 1. The summed E-state index contributed by atoms with van der Waals surface area (Å²) >= 11 is 0. The van der Waals surface area contributed by atoms with E-state index in [0.29, 0.717) is 6.42 Å². The third-order valence-corrected chi connectivity index (χ3v) is 4.77. The zero-order chi connectivity index (χ0) is 13.5. The summed E-state index contributed by atoms with van der Waals surface area (Å²) in [6.45, 7) is 0. The summed E-state index contributed by atoms with van der Waals surface area (Å²) in [5, 5.41) is 10.9. The lowest BCUT2D eigenvalue weighted by molar-refractivity contribution is -0.135. The lowest BCUT2D eigenvalue weighted by Gasteiger charge is -2.43. The van der Waals surface area contributed by atoms with Crippen molar-refractivity contribution in [2.24, 2.45) is 5.92 Å². The minimum absolute atomic E-state index is 0.0723. The van der Waals surface area contributed by atoms with Gasteiger partial charge in [0.25, 0.3) is 0 Å². The number of aliphatic hydroxyl groups is 1. The minimum Gasteiger partial charge on any atom is -0.389 e. The summed E-state index contributed by atoms with van der Waals surface area (Å²) in [7, 11) is 1.82. The lowest BCUT2D eigenvalue weighted by atomic mass is 9.71. The fraction of sp³-hybridized carbons (Fsp3) is 0.562. The Morgan fingerprint density at radius 3 is 2.63 bits per heavy atom. The number of carbonyl (C=O) groups excluding carboxylic acids is 1. The number of hydrogen-bond acceptors (Lipinski definition) is 2. The first-order valence-electron chi connectivity index (χ1n) is 7.20. The Morgan fingerprint density at radius 2 is 1.89 bits per heavy atom. The zero-order valence-electron chi connectivity index (χ0n) is 11.4. The molecule has 0 spiro atoms. The van der Waals surface area contributed by atoms with Crippen LogP contribution in [0.3, 0.4) is 0 Å². The van der Waals surface area contributed by atoms with Crippen molar-refractivity contribution in [1.82, 2.24) is 0 Å².